The molecule has 0 fully saturated rings. The quantitative estimate of drug-likeness (QED) is 0.809. The Balaban J connectivity index is 2.08. The Morgan fingerprint density at radius 3 is 2.59 bits per heavy atom. The molecule has 0 aliphatic rings. The summed E-state index contributed by atoms with van der Waals surface area (Å²) in [5, 5.41) is 3.16. The number of hydrogen-bond donors (Lipinski definition) is 1. The van der Waals surface area contributed by atoms with Gasteiger partial charge in [0.25, 0.3) is 0 Å². The first-order chi connectivity index (χ1) is 10.5. The molecule has 116 valence electrons. The van der Waals surface area contributed by atoms with Crippen LogP contribution in [0.2, 0.25) is 0 Å². The van der Waals surface area contributed by atoms with Crippen molar-refractivity contribution in [3.05, 3.63) is 69.2 Å². The molecule has 3 heteroatoms. The van der Waals surface area contributed by atoms with Crippen LogP contribution >= 0.6 is 15.9 Å². The van der Waals surface area contributed by atoms with Crippen LogP contribution in [-0.4, -0.2) is 5.91 Å². The second-order valence-corrected chi connectivity index (χ2v) is 6.61. The highest BCUT2D eigenvalue weighted by molar-refractivity contribution is 9.10. The Morgan fingerprint density at radius 1 is 1.18 bits per heavy atom. The lowest BCUT2D eigenvalue weighted by atomic mass is 9.97. The zero-order valence-electron chi connectivity index (χ0n) is 13.3. The predicted octanol–water partition coefficient (Wildman–Crippen LogP) is 4.88. The maximum absolute atomic E-state index is 12.3. The fourth-order valence-corrected chi connectivity index (χ4v) is 3.14. The van der Waals surface area contributed by atoms with Crippen LogP contribution in [0.3, 0.4) is 0 Å². The van der Waals surface area contributed by atoms with Crippen LogP contribution in [0.5, 0.6) is 0 Å². The minimum Gasteiger partial charge on any atom is -0.349 e. The van der Waals surface area contributed by atoms with Crippen molar-refractivity contribution in [3.8, 4) is 0 Å². The second kappa shape index (κ2) is 7.59. The van der Waals surface area contributed by atoms with Crippen molar-refractivity contribution in [1.82, 2.24) is 5.32 Å². The monoisotopic (exact) mass is 359 g/mol. The van der Waals surface area contributed by atoms with Crippen molar-refractivity contribution >= 4 is 21.8 Å². The third kappa shape index (κ3) is 4.44. The van der Waals surface area contributed by atoms with Gasteiger partial charge in [0.05, 0.1) is 12.5 Å². The van der Waals surface area contributed by atoms with Gasteiger partial charge in [0, 0.05) is 4.47 Å². The first-order valence-electron chi connectivity index (χ1n) is 7.60. The molecule has 2 rings (SSSR count). The van der Waals surface area contributed by atoms with E-state index in [4.69, 9.17) is 0 Å². The van der Waals surface area contributed by atoms with Crippen molar-refractivity contribution in [2.75, 3.05) is 0 Å². The van der Waals surface area contributed by atoms with Gasteiger partial charge in [-0.1, -0.05) is 58.7 Å². The third-order valence-electron chi connectivity index (χ3n) is 3.80. The summed E-state index contributed by atoms with van der Waals surface area (Å²) in [5.41, 5.74) is 4.70. The van der Waals surface area contributed by atoms with Crippen LogP contribution in [0.4, 0.5) is 0 Å². The van der Waals surface area contributed by atoms with Gasteiger partial charge < -0.3 is 5.32 Å². The lowest BCUT2D eigenvalue weighted by molar-refractivity contribution is -0.121. The standard InChI is InChI=1S/C19H22BrNO/c1-4-18(17-9-8-13(2)10-14(17)3)21-19(22)12-15-6-5-7-16(20)11-15/h5-11,18H,4,12H2,1-3H3,(H,21,22)/t18-/m1/s1. The fraction of sp³-hybridized carbons (Fsp3) is 0.316. The molecule has 0 bridgehead atoms. The summed E-state index contributed by atoms with van der Waals surface area (Å²) in [4.78, 5) is 12.3. The molecule has 22 heavy (non-hydrogen) atoms. The van der Waals surface area contributed by atoms with Gasteiger partial charge in [-0.15, -0.1) is 0 Å². The molecule has 1 N–H and O–H groups in total. The van der Waals surface area contributed by atoms with Gasteiger partial charge >= 0.3 is 0 Å². The predicted molar refractivity (Wildman–Crippen MR) is 94.9 cm³/mol. The molecule has 0 heterocycles. The van der Waals surface area contributed by atoms with E-state index in [2.05, 4.69) is 60.2 Å². The SMILES string of the molecule is CC[C@@H](NC(=O)Cc1cccc(Br)c1)c1ccc(C)cc1C. The van der Waals surface area contributed by atoms with Crippen molar-refractivity contribution < 1.29 is 4.79 Å². The highest BCUT2D eigenvalue weighted by Crippen LogP contribution is 2.22. The van der Waals surface area contributed by atoms with Crippen molar-refractivity contribution in [3.63, 3.8) is 0 Å². The number of nitrogens with one attached hydrogen (secondary N) is 1. The molecule has 0 aliphatic heterocycles. The minimum atomic E-state index is 0.0601. The molecule has 1 amide bonds. The molecular weight excluding hydrogens is 338 g/mol. The molecule has 1 atom stereocenters. The number of benzene rings is 2. The van der Waals surface area contributed by atoms with Crippen LogP contribution in [0, 0.1) is 13.8 Å². The average Bonchev–Trinajstić information content (AvgIpc) is 2.45. The summed E-state index contributed by atoms with van der Waals surface area (Å²) in [7, 11) is 0. The maximum Gasteiger partial charge on any atom is 0.224 e. The van der Waals surface area contributed by atoms with E-state index in [1.54, 1.807) is 0 Å². The molecule has 0 unspecified atom stereocenters. The zero-order valence-corrected chi connectivity index (χ0v) is 14.9. The lowest BCUT2D eigenvalue weighted by Gasteiger charge is -2.20. The van der Waals surface area contributed by atoms with Crippen molar-refractivity contribution in [2.45, 2.75) is 39.7 Å². The molecule has 0 spiro atoms. The van der Waals surface area contributed by atoms with Gasteiger partial charge in [0.15, 0.2) is 0 Å². The first kappa shape index (κ1) is 16.8. The fourth-order valence-electron chi connectivity index (χ4n) is 2.69. The lowest BCUT2D eigenvalue weighted by Crippen LogP contribution is -2.30. The topological polar surface area (TPSA) is 29.1 Å². The molecule has 0 radical (unpaired) electrons. The first-order valence-corrected chi connectivity index (χ1v) is 8.40. The van der Waals surface area contributed by atoms with Crippen LogP contribution in [0.1, 0.15) is 41.6 Å². The van der Waals surface area contributed by atoms with Crippen molar-refractivity contribution in [1.29, 1.82) is 0 Å². The number of hydrogen-bond acceptors (Lipinski definition) is 1. The number of carbonyl (C=O) groups excluding carboxylic acids is 1. The summed E-state index contributed by atoms with van der Waals surface area (Å²) in [5.74, 6) is 0.0601. The van der Waals surface area contributed by atoms with Gasteiger partial charge in [-0.2, -0.15) is 0 Å². The van der Waals surface area contributed by atoms with E-state index in [0.717, 1.165) is 16.5 Å². The largest absolute Gasteiger partial charge is 0.349 e. The van der Waals surface area contributed by atoms with Crippen LogP contribution in [0.25, 0.3) is 0 Å². The smallest absolute Gasteiger partial charge is 0.224 e. The maximum atomic E-state index is 12.3. The van der Waals surface area contributed by atoms with E-state index in [1.807, 2.05) is 24.3 Å². The summed E-state index contributed by atoms with van der Waals surface area (Å²) >= 11 is 3.44. The van der Waals surface area contributed by atoms with E-state index in [0.29, 0.717) is 6.42 Å². The van der Waals surface area contributed by atoms with Gasteiger partial charge in [-0.3, -0.25) is 4.79 Å². The summed E-state index contributed by atoms with van der Waals surface area (Å²) < 4.78 is 0.999. The highest BCUT2D eigenvalue weighted by Gasteiger charge is 2.15. The Morgan fingerprint density at radius 2 is 1.95 bits per heavy atom. The minimum absolute atomic E-state index is 0.0601. The van der Waals surface area contributed by atoms with Crippen molar-refractivity contribution in [2.24, 2.45) is 0 Å². The van der Waals surface area contributed by atoms with Gasteiger partial charge in [-0.25, -0.2) is 0 Å². The Bertz CT molecular complexity index is 666. The number of halogens is 1. The molecule has 0 aromatic heterocycles. The molecule has 2 nitrogen and oxygen atoms in total. The van der Waals surface area contributed by atoms with Gasteiger partial charge in [0.2, 0.25) is 5.91 Å². The van der Waals surface area contributed by atoms with E-state index in [1.165, 1.54) is 16.7 Å². The normalized spacial score (nSPS) is 12.0. The number of rotatable bonds is 5. The van der Waals surface area contributed by atoms with Gasteiger partial charge in [-0.05, 0) is 49.1 Å². The third-order valence-corrected chi connectivity index (χ3v) is 4.29. The molecule has 0 aliphatic carbocycles. The molecule has 2 aromatic rings. The van der Waals surface area contributed by atoms with E-state index >= 15 is 0 Å². The summed E-state index contributed by atoms with van der Waals surface area (Å²) in [6.07, 6.45) is 1.29. The molecular formula is C19H22BrNO. The van der Waals surface area contributed by atoms with Crippen LogP contribution in [0.15, 0.2) is 46.9 Å². The Labute approximate surface area is 141 Å². The average molecular weight is 360 g/mol. The van der Waals surface area contributed by atoms with E-state index in [9.17, 15) is 4.79 Å². The van der Waals surface area contributed by atoms with Crippen LogP contribution in [-0.2, 0) is 11.2 Å². The van der Waals surface area contributed by atoms with E-state index in [-0.39, 0.29) is 11.9 Å². The molecule has 2 aromatic carbocycles. The zero-order chi connectivity index (χ0) is 16.1. The Kier molecular flexibility index (Phi) is 5.78. The summed E-state index contributed by atoms with van der Waals surface area (Å²) in [6, 6.07) is 14.3. The van der Waals surface area contributed by atoms with E-state index < -0.39 is 0 Å². The number of carbonyl (C=O) groups is 1. The van der Waals surface area contributed by atoms with Gasteiger partial charge in [0.1, 0.15) is 0 Å². The molecule has 0 saturated heterocycles. The molecule has 0 saturated carbocycles. The number of amides is 1. The second-order valence-electron chi connectivity index (χ2n) is 5.70. The highest BCUT2D eigenvalue weighted by atomic mass is 79.9. The number of aryl methyl sites for hydroxylation is 2. The Hall–Kier alpha value is -1.61. The summed E-state index contributed by atoms with van der Waals surface area (Å²) in [6.45, 7) is 6.29. The van der Waals surface area contributed by atoms with Crippen LogP contribution < -0.4 is 5.32 Å².